The highest BCUT2D eigenvalue weighted by molar-refractivity contribution is 7.47. The Morgan fingerprint density at radius 1 is 0.319 bits per heavy atom. The molecule has 0 rings (SSSR count). The smallest absolute Gasteiger partial charge is 0.462 e. The van der Waals surface area contributed by atoms with E-state index in [-0.39, 0.29) is 25.7 Å². The van der Waals surface area contributed by atoms with E-state index in [0.29, 0.717) is 25.7 Å². The Balaban J connectivity index is 5.26. The minimum absolute atomic E-state index is 0.105. The molecule has 0 fully saturated rings. The average molecular weight is 1340 g/mol. The van der Waals surface area contributed by atoms with E-state index in [2.05, 4.69) is 48.5 Å². The number of rotatable bonds is 70. The minimum atomic E-state index is -4.95. The molecule has 0 heterocycles. The lowest BCUT2D eigenvalue weighted by Crippen LogP contribution is -2.30. The number of carbonyl (C=O) groups is 4. The topological polar surface area (TPSA) is 237 Å². The van der Waals surface area contributed by atoms with Crippen molar-refractivity contribution in [3.63, 3.8) is 0 Å². The van der Waals surface area contributed by atoms with Crippen molar-refractivity contribution >= 4 is 39.5 Å². The van der Waals surface area contributed by atoms with Crippen LogP contribution in [0.5, 0.6) is 0 Å². The van der Waals surface area contributed by atoms with Gasteiger partial charge in [-0.3, -0.25) is 37.3 Å². The molecule has 0 radical (unpaired) electrons. The Labute approximate surface area is 556 Å². The zero-order valence-corrected chi connectivity index (χ0v) is 61.1. The second-order valence-corrected chi connectivity index (χ2v) is 30.1. The van der Waals surface area contributed by atoms with Gasteiger partial charge >= 0.3 is 39.5 Å². The summed E-state index contributed by atoms with van der Waals surface area (Å²) in [7, 11) is -9.90. The standard InChI is InChI=1S/C72H140O17P2/c1-8-10-11-12-13-14-25-32-39-46-53-69(74)82-59-68(89-72(77)56-49-42-35-28-21-23-30-37-44-51-64(5)6)62-87-91(80,81)85-58-66(73)57-84-90(78,79)86-61-67(60-83-70(75)54-47-40-33-26-20-19-24-31-38-45-52-65(7)9-2)88-71(76)55-48-41-34-27-18-16-15-17-22-29-36-43-50-63(3)4/h63-68,73H,8-62H2,1-7H3,(H,78,79)(H,80,81)/t65?,66-,67-,68-/m1/s1. The van der Waals surface area contributed by atoms with Crippen LogP contribution in [0.1, 0.15) is 363 Å². The van der Waals surface area contributed by atoms with Gasteiger partial charge in [0.15, 0.2) is 12.2 Å². The minimum Gasteiger partial charge on any atom is -0.462 e. The first-order valence-electron chi connectivity index (χ1n) is 37.4. The summed E-state index contributed by atoms with van der Waals surface area (Å²) in [6, 6.07) is 0. The molecule has 0 aliphatic carbocycles. The first-order chi connectivity index (χ1) is 43.8. The van der Waals surface area contributed by atoms with Gasteiger partial charge in [-0.25, -0.2) is 9.13 Å². The summed E-state index contributed by atoms with van der Waals surface area (Å²) < 4.78 is 68.4. The molecule has 0 saturated heterocycles. The van der Waals surface area contributed by atoms with E-state index in [1.807, 2.05) is 0 Å². The van der Waals surface area contributed by atoms with Crippen LogP contribution in [-0.2, 0) is 65.4 Å². The fraction of sp³-hybridized carbons (Fsp3) is 0.944. The fourth-order valence-corrected chi connectivity index (χ4v) is 12.4. The number of ether oxygens (including phenoxy) is 4. The predicted octanol–water partition coefficient (Wildman–Crippen LogP) is 20.6. The maximum atomic E-state index is 13.0. The number of esters is 4. The predicted molar refractivity (Wildman–Crippen MR) is 368 cm³/mol. The van der Waals surface area contributed by atoms with Crippen molar-refractivity contribution in [2.45, 2.75) is 381 Å². The van der Waals surface area contributed by atoms with Gasteiger partial charge in [0, 0.05) is 25.7 Å². The van der Waals surface area contributed by atoms with E-state index in [9.17, 15) is 43.2 Å². The van der Waals surface area contributed by atoms with Gasteiger partial charge in [-0.15, -0.1) is 0 Å². The summed E-state index contributed by atoms with van der Waals surface area (Å²) in [6.07, 6.45) is 47.0. The van der Waals surface area contributed by atoms with E-state index in [0.717, 1.165) is 108 Å². The molecule has 0 saturated carbocycles. The third-order valence-corrected chi connectivity index (χ3v) is 18.9. The van der Waals surface area contributed by atoms with E-state index >= 15 is 0 Å². The van der Waals surface area contributed by atoms with E-state index in [1.165, 1.54) is 173 Å². The quantitative estimate of drug-likeness (QED) is 0.0222. The van der Waals surface area contributed by atoms with E-state index in [1.54, 1.807) is 0 Å². The molecule has 3 unspecified atom stereocenters. The van der Waals surface area contributed by atoms with Crippen molar-refractivity contribution in [1.29, 1.82) is 0 Å². The number of aliphatic hydroxyl groups is 1. The van der Waals surface area contributed by atoms with Crippen molar-refractivity contribution in [2.24, 2.45) is 17.8 Å². The van der Waals surface area contributed by atoms with Crippen molar-refractivity contribution in [1.82, 2.24) is 0 Å². The summed E-state index contributed by atoms with van der Waals surface area (Å²) >= 11 is 0. The second kappa shape index (κ2) is 62.8. The summed E-state index contributed by atoms with van der Waals surface area (Å²) in [6.45, 7) is 11.9. The number of phosphoric ester groups is 2. The van der Waals surface area contributed by atoms with Gasteiger partial charge in [0.2, 0.25) is 0 Å². The van der Waals surface area contributed by atoms with Gasteiger partial charge in [-0.2, -0.15) is 0 Å². The zero-order chi connectivity index (χ0) is 67.3. The van der Waals surface area contributed by atoms with Crippen LogP contribution in [-0.4, -0.2) is 96.7 Å². The highest BCUT2D eigenvalue weighted by Crippen LogP contribution is 2.45. The highest BCUT2D eigenvalue weighted by atomic mass is 31.2. The molecular formula is C72H140O17P2. The Morgan fingerprint density at radius 2 is 0.560 bits per heavy atom. The molecule has 0 aliphatic heterocycles. The molecule has 0 amide bonds. The molecule has 17 nitrogen and oxygen atoms in total. The SMILES string of the molecule is CCCCCCCCCCCCC(=O)OC[C@H](COP(=O)(O)OC[C@H](O)COP(=O)(O)OC[C@@H](COC(=O)CCCCCCCCCCCCC(C)CC)OC(=O)CCCCCCCCCCCCCCC(C)C)OC(=O)CCCCCCCCCCCC(C)C. The Hall–Kier alpha value is -1.94. The molecule has 19 heteroatoms. The van der Waals surface area contributed by atoms with Gasteiger partial charge in [0.1, 0.15) is 19.3 Å². The fourth-order valence-electron chi connectivity index (χ4n) is 10.9. The highest BCUT2D eigenvalue weighted by Gasteiger charge is 2.30. The van der Waals surface area contributed by atoms with Gasteiger partial charge < -0.3 is 33.8 Å². The number of unbranched alkanes of at least 4 members (excludes halogenated alkanes) is 37. The molecule has 91 heavy (non-hydrogen) atoms. The lowest BCUT2D eigenvalue weighted by Gasteiger charge is -2.21. The molecule has 3 N–H and O–H groups in total. The van der Waals surface area contributed by atoms with Gasteiger partial charge in [-0.05, 0) is 43.4 Å². The molecule has 0 aromatic rings. The molecule has 0 aliphatic rings. The molecule has 0 bridgehead atoms. The zero-order valence-electron chi connectivity index (χ0n) is 59.3. The number of carbonyl (C=O) groups excluding carboxylic acids is 4. The van der Waals surface area contributed by atoms with Crippen LogP contribution in [0, 0.1) is 17.8 Å². The third-order valence-electron chi connectivity index (χ3n) is 17.0. The van der Waals surface area contributed by atoms with Crippen LogP contribution >= 0.6 is 15.6 Å². The van der Waals surface area contributed by atoms with Crippen LogP contribution in [0.15, 0.2) is 0 Å². The number of aliphatic hydroxyl groups excluding tert-OH is 1. The number of phosphoric acid groups is 2. The van der Waals surface area contributed by atoms with E-state index < -0.39 is 97.5 Å². The molecule has 0 aromatic heterocycles. The second-order valence-electron chi connectivity index (χ2n) is 27.2. The number of hydrogen-bond donors (Lipinski definition) is 3. The van der Waals surface area contributed by atoms with Crippen LogP contribution in [0.25, 0.3) is 0 Å². The summed E-state index contributed by atoms with van der Waals surface area (Å²) in [5.41, 5.74) is 0. The molecule has 6 atom stereocenters. The summed E-state index contributed by atoms with van der Waals surface area (Å²) in [5.74, 6) is 0.199. The van der Waals surface area contributed by atoms with Crippen LogP contribution in [0.3, 0.4) is 0 Å². The monoisotopic (exact) mass is 1340 g/mol. The molecule has 0 aromatic carbocycles. The van der Waals surface area contributed by atoms with Gasteiger partial charge in [0.25, 0.3) is 0 Å². The normalized spacial score (nSPS) is 14.5. The molecular weight excluding hydrogens is 1200 g/mol. The van der Waals surface area contributed by atoms with Crippen molar-refractivity contribution < 1.29 is 80.2 Å². The van der Waals surface area contributed by atoms with E-state index in [4.69, 9.17) is 37.0 Å². The first kappa shape index (κ1) is 89.1. The Kier molecular flexibility index (Phi) is 61.5. The average Bonchev–Trinajstić information content (AvgIpc) is 3.72. The summed E-state index contributed by atoms with van der Waals surface area (Å²) in [5, 5.41) is 10.6. The first-order valence-corrected chi connectivity index (χ1v) is 40.4. The third kappa shape index (κ3) is 65.1. The van der Waals surface area contributed by atoms with Crippen LogP contribution < -0.4 is 0 Å². The molecule has 0 spiro atoms. The van der Waals surface area contributed by atoms with Crippen LogP contribution in [0.2, 0.25) is 0 Å². The van der Waals surface area contributed by atoms with Crippen molar-refractivity contribution in [2.75, 3.05) is 39.6 Å². The number of hydrogen-bond acceptors (Lipinski definition) is 15. The van der Waals surface area contributed by atoms with Gasteiger partial charge in [0.05, 0.1) is 26.4 Å². The largest absolute Gasteiger partial charge is 0.472 e. The molecule has 540 valence electrons. The lowest BCUT2D eigenvalue weighted by atomic mass is 9.99. The summed E-state index contributed by atoms with van der Waals surface area (Å²) in [4.78, 5) is 72.6. The Morgan fingerprint density at radius 3 is 0.835 bits per heavy atom. The maximum absolute atomic E-state index is 13.0. The maximum Gasteiger partial charge on any atom is 0.472 e. The Bertz CT molecular complexity index is 1790. The van der Waals surface area contributed by atoms with Crippen LogP contribution in [0.4, 0.5) is 0 Å². The van der Waals surface area contributed by atoms with Gasteiger partial charge in [-0.1, -0.05) is 312 Å². The van der Waals surface area contributed by atoms with Crippen molar-refractivity contribution in [3.05, 3.63) is 0 Å². The van der Waals surface area contributed by atoms with Crippen molar-refractivity contribution in [3.8, 4) is 0 Å². The lowest BCUT2D eigenvalue weighted by molar-refractivity contribution is -0.161.